The van der Waals surface area contributed by atoms with Gasteiger partial charge in [0.15, 0.2) is 11.5 Å². The van der Waals surface area contributed by atoms with E-state index < -0.39 is 11.9 Å². The molecule has 2 rings (SSSR count). The van der Waals surface area contributed by atoms with Gasteiger partial charge in [-0.1, -0.05) is 28.1 Å². The molecular weight excluding hydrogens is 406 g/mol. The maximum atomic E-state index is 9.10. The first-order chi connectivity index (χ1) is 12.3. The maximum absolute atomic E-state index is 9.10. The molecule has 0 heterocycles. The van der Waals surface area contributed by atoms with Gasteiger partial charge in [-0.3, -0.25) is 0 Å². The number of aryl methyl sites for hydroxylation is 1. The summed E-state index contributed by atoms with van der Waals surface area (Å²) in [6, 6.07) is 12.1. The molecule has 0 aliphatic rings. The molecule has 140 valence electrons. The molecule has 0 atom stereocenters. The number of carboxylic acids is 2. The molecule has 26 heavy (non-hydrogen) atoms. The third-order valence-corrected chi connectivity index (χ3v) is 4.20. The number of ether oxygens (including phenoxy) is 2. The number of para-hydroxylation sites is 1. The molecule has 8 heteroatoms. The Balaban J connectivity index is 0.000000487. The zero-order valence-corrected chi connectivity index (χ0v) is 16.2. The number of benzene rings is 2. The van der Waals surface area contributed by atoms with Crippen molar-refractivity contribution < 1.29 is 29.3 Å². The second kappa shape index (κ2) is 10.3. The summed E-state index contributed by atoms with van der Waals surface area (Å²) in [7, 11) is 3.30. The Morgan fingerprint density at radius 3 is 2.23 bits per heavy atom. The standard InChI is InChI=1S/C16H18BrNO2.C2H2O4/c1-11-9-13(7-8-14(11)17)18-10-12-5-4-6-15(19-2)16(12)20-3;3-1(4)2(5)6/h4-9,18H,10H2,1-3H3;(H,3,4)(H,5,6). The number of halogens is 1. The van der Waals surface area contributed by atoms with Crippen molar-refractivity contribution in [2.45, 2.75) is 13.5 Å². The van der Waals surface area contributed by atoms with Gasteiger partial charge in [-0.15, -0.1) is 0 Å². The number of aliphatic carboxylic acids is 2. The highest BCUT2D eigenvalue weighted by molar-refractivity contribution is 9.10. The minimum atomic E-state index is -1.82. The second-order valence-electron chi connectivity index (χ2n) is 5.08. The largest absolute Gasteiger partial charge is 0.493 e. The highest BCUT2D eigenvalue weighted by Gasteiger charge is 2.09. The van der Waals surface area contributed by atoms with Crippen molar-refractivity contribution in [1.82, 2.24) is 0 Å². The molecule has 0 bridgehead atoms. The van der Waals surface area contributed by atoms with Gasteiger partial charge in [0, 0.05) is 22.3 Å². The van der Waals surface area contributed by atoms with E-state index in [1.54, 1.807) is 14.2 Å². The van der Waals surface area contributed by atoms with E-state index in [4.69, 9.17) is 29.3 Å². The minimum absolute atomic E-state index is 0.682. The topological polar surface area (TPSA) is 105 Å². The molecule has 2 aromatic rings. The first kappa shape index (κ1) is 21.3. The van der Waals surface area contributed by atoms with Gasteiger partial charge in [0.1, 0.15) is 0 Å². The highest BCUT2D eigenvalue weighted by Crippen LogP contribution is 2.31. The summed E-state index contributed by atoms with van der Waals surface area (Å²) in [5.41, 5.74) is 3.34. The van der Waals surface area contributed by atoms with Crippen LogP contribution in [-0.4, -0.2) is 36.4 Å². The molecule has 0 radical (unpaired) electrons. The molecule has 2 aromatic carbocycles. The van der Waals surface area contributed by atoms with E-state index in [2.05, 4.69) is 34.2 Å². The quantitative estimate of drug-likeness (QED) is 0.628. The van der Waals surface area contributed by atoms with Crippen LogP contribution in [0.5, 0.6) is 11.5 Å². The number of hydrogen-bond acceptors (Lipinski definition) is 5. The molecule has 0 unspecified atom stereocenters. The molecule has 3 N–H and O–H groups in total. The molecule has 0 amide bonds. The average molecular weight is 426 g/mol. The lowest BCUT2D eigenvalue weighted by molar-refractivity contribution is -0.159. The van der Waals surface area contributed by atoms with Crippen LogP contribution >= 0.6 is 15.9 Å². The molecular formula is C18H20BrNO6. The Morgan fingerprint density at radius 2 is 1.73 bits per heavy atom. The van der Waals surface area contributed by atoms with E-state index in [-0.39, 0.29) is 0 Å². The lowest BCUT2D eigenvalue weighted by atomic mass is 10.1. The lowest BCUT2D eigenvalue weighted by Crippen LogP contribution is -2.09. The fraction of sp³-hybridized carbons (Fsp3) is 0.222. The highest BCUT2D eigenvalue weighted by atomic mass is 79.9. The fourth-order valence-corrected chi connectivity index (χ4v) is 2.29. The van der Waals surface area contributed by atoms with Crippen molar-refractivity contribution in [3.05, 3.63) is 52.0 Å². The predicted molar refractivity (Wildman–Crippen MR) is 101 cm³/mol. The number of anilines is 1. The van der Waals surface area contributed by atoms with Crippen molar-refractivity contribution >= 4 is 33.6 Å². The number of rotatable bonds is 5. The van der Waals surface area contributed by atoms with Crippen LogP contribution in [0.25, 0.3) is 0 Å². The van der Waals surface area contributed by atoms with Gasteiger partial charge in [-0.25, -0.2) is 9.59 Å². The summed E-state index contributed by atoms with van der Waals surface area (Å²) >= 11 is 3.50. The molecule has 0 aliphatic heterocycles. The number of carboxylic acid groups (broad SMARTS) is 2. The van der Waals surface area contributed by atoms with Crippen LogP contribution in [0.3, 0.4) is 0 Å². The normalized spacial score (nSPS) is 9.54. The Kier molecular flexibility index (Phi) is 8.44. The van der Waals surface area contributed by atoms with E-state index in [0.717, 1.165) is 27.2 Å². The van der Waals surface area contributed by atoms with E-state index in [1.807, 2.05) is 30.3 Å². The van der Waals surface area contributed by atoms with Gasteiger partial charge < -0.3 is 25.0 Å². The molecule has 0 saturated heterocycles. The van der Waals surface area contributed by atoms with Crippen LogP contribution in [0.1, 0.15) is 11.1 Å². The third kappa shape index (κ3) is 6.29. The van der Waals surface area contributed by atoms with Crippen LogP contribution in [-0.2, 0) is 16.1 Å². The second-order valence-corrected chi connectivity index (χ2v) is 5.93. The number of hydrogen-bond donors (Lipinski definition) is 3. The predicted octanol–water partition coefficient (Wildman–Crippen LogP) is 3.54. The van der Waals surface area contributed by atoms with Crippen molar-refractivity contribution in [3.8, 4) is 11.5 Å². The van der Waals surface area contributed by atoms with E-state index >= 15 is 0 Å². The van der Waals surface area contributed by atoms with Gasteiger partial charge in [0.25, 0.3) is 0 Å². The molecule has 0 spiro atoms. The Hall–Kier alpha value is -2.74. The van der Waals surface area contributed by atoms with E-state index in [9.17, 15) is 0 Å². The summed E-state index contributed by atoms with van der Waals surface area (Å²) < 4.78 is 11.8. The summed E-state index contributed by atoms with van der Waals surface area (Å²) in [6.45, 7) is 2.75. The smallest absolute Gasteiger partial charge is 0.414 e. The summed E-state index contributed by atoms with van der Waals surface area (Å²) in [5.74, 6) is -2.12. The van der Waals surface area contributed by atoms with Gasteiger partial charge in [-0.2, -0.15) is 0 Å². The zero-order chi connectivity index (χ0) is 19.7. The van der Waals surface area contributed by atoms with E-state index in [0.29, 0.717) is 6.54 Å². The fourth-order valence-electron chi connectivity index (χ4n) is 2.04. The lowest BCUT2D eigenvalue weighted by Gasteiger charge is -2.14. The Morgan fingerprint density at radius 1 is 1.08 bits per heavy atom. The van der Waals surface area contributed by atoms with Crippen LogP contribution < -0.4 is 14.8 Å². The molecule has 7 nitrogen and oxygen atoms in total. The molecule has 0 saturated carbocycles. The Labute approximate surface area is 159 Å². The summed E-state index contributed by atoms with van der Waals surface area (Å²) in [5, 5.41) is 18.2. The van der Waals surface area contributed by atoms with Crippen LogP contribution in [0.4, 0.5) is 5.69 Å². The minimum Gasteiger partial charge on any atom is -0.493 e. The summed E-state index contributed by atoms with van der Waals surface area (Å²) in [6.07, 6.45) is 0. The van der Waals surface area contributed by atoms with Crippen molar-refractivity contribution in [2.24, 2.45) is 0 Å². The van der Waals surface area contributed by atoms with Crippen LogP contribution in [0, 0.1) is 6.92 Å². The monoisotopic (exact) mass is 425 g/mol. The van der Waals surface area contributed by atoms with E-state index in [1.165, 1.54) is 5.56 Å². The maximum Gasteiger partial charge on any atom is 0.414 e. The average Bonchev–Trinajstić information content (AvgIpc) is 2.62. The number of methoxy groups -OCH3 is 2. The SMILES string of the molecule is COc1cccc(CNc2ccc(Br)c(C)c2)c1OC.O=C(O)C(=O)O. The number of carbonyl (C=O) groups is 2. The first-order valence-electron chi connectivity index (χ1n) is 7.46. The Bertz CT molecular complexity index is 766. The van der Waals surface area contributed by atoms with Gasteiger partial charge in [0.05, 0.1) is 14.2 Å². The van der Waals surface area contributed by atoms with Gasteiger partial charge in [0.2, 0.25) is 0 Å². The molecule has 0 fully saturated rings. The van der Waals surface area contributed by atoms with Crippen molar-refractivity contribution in [2.75, 3.05) is 19.5 Å². The van der Waals surface area contributed by atoms with Crippen molar-refractivity contribution in [3.63, 3.8) is 0 Å². The summed E-state index contributed by atoms with van der Waals surface area (Å²) in [4.78, 5) is 18.2. The van der Waals surface area contributed by atoms with Crippen molar-refractivity contribution in [1.29, 1.82) is 0 Å². The first-order valence-corrected chi connectivity index (χ1v) is 8.25. The number of nitrogens with one attached hydrogen (secondary N) is 1. The molecule has 0 aliphatic carbocycles. The third-order valence-electron chi connectivity index (χ3n) is 3.31. The van der Waals surface area contributed by atoms with Gasteiger partial charge >= 0.3 is 11.9 Å². The van der Waals surface area contributed by atoms with Gasteiger partial charge in [-0.05, 0) is 36.8 Å². The van der Waals surface area contributed by atoms with Crippen LogP contribution in [0.15, 0.2) is 40.9 Å². The van der Waals surface area contributed by atoms with Crippen LogP contribution in [0.2, 0.25) is 0 Å². The zero-order valence-electron chi connectivity index (χ0n) is 14.6. The molecule has 0 aromatic heterocycles.